The van der Waals surface area contributed by atoms with Crippen molar-refractivity contribution in [1.82, 2.24) is 5.32 Å². The van der Waals surface area contributed by atoms with Gasteiger partial charge in [-0.25, -0.2) is 0 Å². The molecule has 0 bridgehead atoms. The Morgan fingerprint density at radius 3 is 2.19 bits per heavy atom. The second-order valence-corrected chi connectivity index (χ2v) is 9.21. The van der Waals surface area contributed by atoms with E-state index in [0.29, 0.717) is 30.7 Å². The molecule has 2 saturated heterocycles. The molecule has 164 valence electrons. The van der Waals surface area contributed by atoms with Gasteiger partial charge in [0, 0.05) is 48.5 Å². The molecular weight excluding hydrogens is 412 g/mol. The number of rotatable bonds is 5. The van der Waals surface area contributed by atoms with E-state index in [9.17, 15) is 9.59 Å². The SMILES string of the molecule is CCC(=O)N[C@@]1(C)C[C@@H](c2ccc(Cl)cc2)O[C@@H](c2ccc(N3CCCC3=O)cc2)C1. The molecule has 0 spiro atoms. The van der Waals surface area contributed by atoms with Gasteiger partial charge in [-0.15, -0.1) is 0 Å². The molecule has 2 fully saturated rings. The molecule has 0 aliphatic carbocycles. The van der Waals surface area contributed by atoms with Crippen LogP contribution in [0.2, 0.25) is 5.02 Å². The highest BCUT2D eigenvalue weighted by molar-refractivity contribution is 6.30. The van der Waals surface area contributed by atoms with Crippen molar-refractivity contribution in [3.8, 4) is 0 Å². The average molecular weight is 441 g/mol. The summed E-state index contributed by atoms with van der Waals surface area (Å²) in [6.07, 6.45) is 3.03. The van der Waals surface area contributed by atoms with Crippen molar-refractivity contribution >= 4 is 29.1 Å². The number of hydrogen-bond donors (Lipinski definition) is 1. The number of hydrogen-bond acceptors (Lipinski definition) is 3. The number of benzene rings is 2. The molecule has 2 amide bonds. The summed E-state index contributed by atoms with van der Waals surface area (Å²) >= 11 is 6.07. The normalized spacial score (nSPS) is 26.2. The number of nitrogens with zero attached hydrogens (tertiary/aromatic N) is 1. The van der Waals surface area contributed by atoms with Gasteiger partial charge in [-0.3, -0.25) is 9.59 Å². The van der Waals surface area contributed by atoms with Gasteiger partial charge in [0.2, 0.25) is 11.8 Å². The third kappa shape index (κ3) is 4.94. The Hall–Kier alpha value is -2.37. The first-order valence-electron chi connectivity index (χ1n) is 11.0. The molecule has 2 aromatic carbocycles. The van der Waals surface area contributed by atoms with E-state index in [1.165, 1.54) is 0 Å². The number of nitrogens with one attached hydrogen (secondary N) is 1. The zero-order valence-corrected chi connectivity index (χ0v) is 18.8. The number of halogens is 1. The van der Waals surface area contributed by atoms with Crippen LogP contribution in [0.4, 0.5) is 5.69 Å². The first-order chi connectivity index (χ1) is 14.9. The zero-order valence-electron chi connectivity index (χ0n) is 18.1. The molecule has 2 aliphatic rings. The van der Waals surface area contributed by atoms with Crippen LogP contribution in [0.25, 0.3) is 0 Å². The largest absolute Gasteiger partial charge is 0.365 e. The van der Waals surface area contributed by atoms with Crippen LogP contribution in [0.1, 0.15) is 69.3 Å². The van der Waals surface area contributed by atoms with Gasteiger partial charge < -0.3 is 15.0 Å². The Kier molecular flexibility index (Phi) is 6.35. The van der Waals surface area contributed by atoms with Crippen molar-refractivity contribution in [2.75, 3.05) is 11.4 Å². The lowest BCUT2D eigenvalue weighted by Gasteiger charge is -2.43. The third-order valence-electron chi connectivity index (χ3n) is 6.25. The van der Waals surface area contributed by atoms with E-state index in [1.54, 1.807) is 0 Å². The molecule has 1 N–H and O–H groups in total. The monoisotopic (exact) mass is 440 g/mol. The number of anilines is 1. The van der Waals surface area contributed by atoms with E-state index in [2.05, 4.69) is 12.2 Å². The standard InChI is InChI=1S/C25H29ClN2O3/c1-3-23(29)27-25(2)15-21(17-6-10-19(26)11-7-17)31-22(16-25)18-8-12-20(13-9-18)28-14-4-5-24(28)30/h6-13,21-22H,3-5,14-16H2,1-2H3,(H,27,29)/t21-,22+,25-/m0/s1. The fourth-order valence-corrected chi connectivity index (χ4v) is 4.71. The van der Waals surface area contributed by atoms with Crippen LogP contribution in [0.15, 0.2) is 48.5 Å². The van der Waals surface area contributed by atoms with Crippen LogP contribution in [0.3, 0.4) is 0 Å². The summed E-state index contributed by atoms with van der Waals surface area (Å²) in [5, 5.41) is 3.91. The quantitative estimate of drug-likeness (QED) is 0.682. The van der Waals surface area contributed by atoms with Gasteiger partial charge in [-0.05, 0) is 48.7 Å². The maximum atomic E-state index is 12.2. The van der Waals surface area contributed by atoms with Gasteiger partial charge in [-0.1, -0.05) is 42.8 Å². The highest BCUT2D eigenvalue weighted by Crippen LogP contribution is 2.44. The van der Waals surface area contributed by atoms with E-state index in [-0.39, 0.29) is 29.6 Å². The maximum absolute atomic E-state index is 12.2. The van der Waals surface area contributed by atoms with E-state index >= 15 is 0 Å². The van der Waals surface area contributed by atoms with Gasteiger partial charge >= 0.3 is 0 Å². The van der Waals surface area contributed by atoms with E-state index in [1.807, 2.05) is 60.4 Å². The van der Waals surface area contributed by atoms with Gasteiger partial charge in [0.15, 0.2) is 0 Å². The minimum absolute atomic E-state index is 0.0425. The van der Waals surface area contributed by atoms with Crippen molar-refractivity contribution in [2.24, 2.45) is 0 Å². The van der Waals surface area contributed by atoms with Crippen LogP contribution < -0.4 is 10.2 Å². The minimum Gasteiger partial charge on any atom is -0.365 e. The zero-order chi connectivity index (χ0) is 22.0. The van der Waals surface area contributed by atoms with E-state index in [0.717, 1.165) is 29.8 Å². The lowest BCUT2D eigenvalue weighted by atomic mass is 9.81. The average Bonchev–Trinajstić information content (AvgIpc) is 3.19. The molecule has 31 heavy (non-hydrogen) atoms. The van der Waals surface area contributed by atoms with Crippen molar-refractivity contribution in [3.63, 3.8) is 0 Å². The molecule has 0 radical (unpaired) electrons. The smallest absolute Gasteiger partial charge is 0.227 e. The van der Waals surface area contributed by atoms with Crippen LogP contribution in [0, 0.1) is 0 Å². The summed E-state index contributed by atoms with van der Waals surface area (Å²) in [4.78, 5) is 26.1. The second-order valence-electron chi connectivity index (χ2n) is 8.78. The van der Waals surface area contributed by atoms with Gasteiger partial charge in [-0.2, -0.15) is 0 Å². The van der Waals surface area contributed by atoms with E-state index in [4.69, 9.17) is 16.3 Å². The van der Waals surface area contributed by atoms with Crippen LogP contribution in [-0.2, 0) is 14.3 Å². The second kappa shape index (κ2) is 9.01. The van der Waals surface area contributed by atoms with Gasteiger partial charge in [0.25, 0.3) is 0 Å². The van der Waals surface area contributed by atoms with E-state index < -0.39 is 0 Å². The summed E-state index contributed by atoms with van der Waals surface area (Å²) in [7, 11) is 0. The lowest BCUT2D eigenvalue weighted by Crippen LogP contribution is -2.50. The van der Waals surface area contributed by atoms with Crippen molar-refractivity contribution in [1.29, 1.82) is 0 Å². The summed E-state index contributed by atoms with van der Waals surface area (Å²) in [6.45, 7) is 4.73. The predicted molar refractivity (Wildman–Crippen MR) is 122 cm³/mol. The van der Waals surface area contributed by atoms with Gasteiger partial charge in [0.1, 0.15) is 0 Å². The Balaban J connectivity index is 1.59. The Labute approximate surface area is 188 Å². The molecule has 5 nitrogen and oxygen atoms in total. The summed E-state index contributed by atoms with van der Waals surface area (Å²) in [5.41, 5.74) is 2.64. The highest BCUT2D eigenvalue weighted by Gasteiger charge is 2.40. The number of ether oxygens (including phenoxy) is 1. The van der Waals surface area contributed by atoms with Crippen LogP contribution in [0.5, 0.6) is 0 Å². The minimum atomic E-state index is -0.385. The maximum Gasteiger partial charge on any atom is 0.227 e. The fraction of sp³-hybridized carbons (Fsp3) is 0.440. The van der Waals surface area contributed by atoms with Crippen molar-refractivity contribution in [2.45, 2.75) is 63.7 Å². The van der Waals surface area contributed by atoms with Crippen LogP contribution >= 0.6 is 11.6 Å². The highest BCUT2D eigenvalue weighted by atomic mass is 35.5. The number of carbonyl (C=O) groups is 2. The Bertz CT molecular complexity index is 944. The predicted octanol–water partition coefficient (Wildman–Crippen LogP) is 5.34. The summed E-state index contributed by atoms with van der Waals surface area (Å²) in [5.74, 6) is 0.222. The number of carbonyl (C=O) groups excluding carboxylic acids is 2. The number of amides is 2. The van der Waals surface area contributed by atoms with Crippen molar-refractivity contribution < 1.29 is 14.3 Å². The summed E-state index contributed by atoms with van der Waals surface area (Å²) in [6, 6.07) is 15.8. The summed E-state index contributed by atoms with van der Waals surface area (Å²) < 4.78 is 6.52. The Morgan fingerprint density at radius 2 is 1.68 bits per heavy atom. The molecule has 4 rings (SSSR count). The fourth-order valence-electron chi connectivity index (χ4n) is 4.58. The molecule has 2 aliphatic heterocycles. The first-order valence-corrected chi connectivity index (χ1v) is 11.4. The molecule has 2 heterocycles. The molecule has 0 saturated carbocycles. The van der Waals surface area contributed by atoms with Gasteiger partial charge in [0.05, 0.1) is 12.2 Å². The molecule has 6 heteroatoms. The molecule has 0 unspecified atom stereocenters. The molecule has 3 atom stereocenters. The van der Waals surface area contributed by atoms with Crippen molar-refractivity contribution in [3.05, 3.63) is 64.7 Å². The Morgan fingerprint density at radius 1 is 1.10 bits per heavy atom. The lowest BCUT2D eigenvalue weighted by molar-refractivity contribution is -0.128. The first kappa shape index (κ1) is 21.8. The third-order valence-corrected chi connectivity index (χ3v) is 6.51. The topological polar surface area (TPSA) is 58.6 Å². The van der Waals surface area contributed by atoms with Crippen LogP contribution in [-0.4, -0.2) is 23.9 Å². The molecule has 2 aromatic rings. The molecule has 0 aromatic heterocycles. The molecular formula is C25H29ClN2O3.